The zero-order chi connectivity index (χ0) is 15.6. The normalized spacial score (nSPS) is 25.8. The molecular weight excluding hydrogens is 340 g/mol. The second kappa shape index (κ2) is 7.51. The molecule has 6 nitrogen and oxygen atoms in total. The van der Waals surface area contributed by atoms with Crippen molar-refractivity contribution < 1.29 is 17.9 Å². The van der Waals surface area contributed by atoms with E-state index in [0.29, 0.717) is 19.5 Å². The first-order valence-corrected chi connectivity index (χ1v) is 9.18. The van der Waals surface area contributed by atoms with Gasteiger partial charge in [0.15, 0.2) is 9.84 Å². The number of hydrogen-bond acceptors (Lipinski definition) is 5. The molecule has 1 aromatic carbocycles. The van der Waals surface area contributed by atoms with Crippen LogP contribution in [0.1, 0.15) is 12.0 Å². The number of ether oxygens (including phenoxy) is 1. The standard InChI is InChI=1S/C15H20N2O4S.ClH/c18-15(21-11-12-4-2-1-3-5-12)17-8-6-13-14(10-17)22(19,20)9-7-16-13;/h1-5,13-14,16H,6-11H2;1H/t13-,14+;/m1./s1. The largest absolute Gasteiger partial charge is 0.445 e. The fraction of sp³-hybridized carbons (Fsp3) is 0.533. The number of rotatable bonds is 2. The molecule has 2 aliphatic heterocycles. The van der Waals surface area contributed by atoms with Crippen molar-refractivity contribution in [3.8, 4) is 0 Å². The van der Waals surface area contributed by atoms with Crippen LogP contribution in [0.5, 0.6) is 0 Å². The molecule has 0 spiro atoms. The summed E-state index contributed by atoms with van der Waals surface area (Å²) < 4.78 is 29.6. The number of piperidine rings is 1. The second-order valence-electron chi connectivity index (χ2n) is 5.74. The number of halogens is 1. The summed E-state index contributed by atoms with van der Waals surface area (Å²) in [5.41, 5.74) is 0.915. The smallest absolute Gasteiger partial charge is 0.410 e. The number of carbonyl (C=O) groups is 1. The van der Waals surface area contributed by atoms with Crippen molar-refractivity contribution >= 4 is 28.3 Å². The lowest BCUT2D eigenvalue weighted by Crippen LogP contribution is -2.61. The predicted octanol–water partition coefficient (Wildman–Crippen LogP) is 1.21. The first kappa shape index (κ1) is 18.0. The van der Waals surface area contributed by atoms with Gasteiger partial charge in [-0.25, -0.2) is 13.2 Å². The molecule has 1 N–H and O–H groups in total. The van der Waals surface area contributed by atoms with E-state index >= 15 is 0 Å². The second-order valence-corrected chi connectivity index (χ2v) is 8.08. The molecule has 1 amide bonds. The number of benzene rings is 1. The topological polar surface area (TPSA) is 75.7 Å². The number of sulfone groups is 1. The Morgan fingerprint density at radius 2 is 2.04 bits per heavy atom. The molecule has 0 aliphatic carbocycles. The fourth-order valence-corrected chi connectivity index (χ4v) is 4.87. The Bertz CT molecular complexity index is 638. The molecule has 8 heteroatoms. The zero-order valence-corrected chi connectivity index (χ0v) is 14.3. The molecule has 128 valence electrons. The molecule has 0 bridgehead atoms. The van der Waals surface area contributed by atoms with Crippen LogP contribution in [0.15, 0.2) is 30.3 Å². The summed E-state index contributed by atoms with van der Waals surface area (Å²) in [6.45, 7) is 1.45. The Morgan fingerprint density at radius 1 is 1.30 bits per heavy atom. The van der Waals surface area contributed by atoms with E-state index in [9.17, 15) is 13.2 Å². The van der Waals surface area contributed by atoms with Gasteiger partial charge in [-0.1, -0.05) is 30.3 Å². The van der Waals surface area contributed by atoms with E-state index in [1.807, 2.05) is 30.3 Å². The van der Waals surface area contributed by atoms with E-state index in [4.69, 9.17) is 4.74 Å². The number of nitrogens with zero attached hydrogens (tertiary/aromatic N) is 1. The van der Waals surface area contributed by atoms with Gasteiger partial charge in [0, 0.05) is 25.7 Å². The summed E-state index contributed by atoms with van der Waals surface area (Å²) in [6.07, 6.45) is 0.202. The Balaban J connectivity index is 0.00000192. The molecule has 23 heavy (non-hydrogen) atoms. The molecule has 2 heterocycles. The maximum absolute atomic E-state index is 12.1. The van der Waals surface area contributed by atoms with Gasteiger partial charge < -0.3 is 15.0 Å². The molecule has 2 atom stereocenters. The number of hydrogen-bond donors (Lipinski definition) is 1. The highest BCUT2D eigenvalue weighted by atomic mass is 35.5. The average Bonchev–Trinajstić information content (AvgIpc) is 2.53. The number of amides is 1. The van der Waals surface area contributed by atoms with E-state index < -0.39 is 21.2 Å². The Morgan fingerprint density at radius 3 is 2.78 bits per heavy atom. The van der Waals surface area contributed by atoms with Gasteiger partial charge in [0.25, 0.3) is 0 Å². The highest BCUT2D eigenvalue weighted by Crippen LogP contribution is 2.22. The quantitative estimate of drug-likeness (QED) is 0.857. The van der Waals surface area contributed by atoms with Crippen LogP contribution in [0.3, 0.4) is 0 Å². The maximum Gasteiger partial charge on any atom is 0.410 e. The third-order valence-electron chi connectivity index (χ3n) is 4.28. The molecule has 0 unspecified atom stereocenters. The van der Waals surface area contributed by atoms with Gasteiger partial charge in [-0.2, -0.15) is 0 Å². The summed E-state index contributed by atoms with van der Waals surface area (Å²) >= 11 is 0. The zero-order valence-electron chi connectivity index (χ0n) is 12.7. The first-order chi connectivity index (χ1) is 10.6. The van der Waals surface area contributed by atoms with Crippen LogP contribution in [0.25, 0.3) is 0 Å². The molecule has 0 radical (unpaired) electrons. The van der Waals surface area contributed by atoms with Crippen LogP contribution in [0, 0.1) is 0 Å². The monoisotopic (exact) mass is 360 g/mol. The maximum atomic E-state index is 12.1. The lowest BCUT2D eigenvalue weighted by atomic mass is 10.0. The van der Waals surface area contributed by atoms with Crippen LogP contribution in [-0.4, -0.2) is 56.1 Å². The summed E-state index contributed by atoms with van der Waals surface area (Å²) in [7, 11) is -3.13. The van der Waals surface area contributed by atoms with Gasteiger partial charge in [-0.15, -0.1) is 12.4 Å². The van der Waals surface area contributed by atoms with Crippen LogP contribution < -0.4 is 5.32 Å². The summed E-state index contributed by atoms with van der Waals surface area (Å²) in [6, 6.07) is 9.39. The van der Waals surface area contributed by atoms with Gasteiger partial charge in [0.1, 0.15) is 6.61 Å². The first-order valence-electron chi connectivity index (χ1n) is 7.47. The van der Waals surface area contributed by atoms with Gasteiger partial charge in [-0.3, -0.25) is 0 Å². The van der Waals surface area contributed by atoms with Crippen molar-refractivity contribution in [1.82, 2.24) is 10.2 Å². The van der Waals surface area contributed by atoms with E-state index in [1.54, 1.807) is 0 Å². The van der Waals surface area contributed by atoms with E-state index in [0.717, 1.165) is 5.56 Å². The Hall–Kier alpha value is -1.31. The van der Waals surface area contributed by atoms with Crippen LogP contribution in [0.4, 0.5) is 4.79 Å². The average molecular weight is 361 g/mol. The van der Waals surface area contributed by atoms with Crippen LogP contribution in [-0.2, 0) is 21.2 Å². The van der Waals surface area contributed by atoms with Gasteiger partial charge in [-0.05, 0) is 12.0 Å². The highest BCUT2D eigenvalue weighted by molar-refractivity contribution is 7.92. The minimum absolute atomic E-state index is 0. The van der Waals surface area contributed by atoms with Crippen molar-refractivity contribution in [2.24, 2.45) is 0 Å². The van der Waals surface area contributed by atoms with E-state index in [1.165, 1.54) is 4.90 Å². The van der Waals surface area contributed by atoms with Crippen molar-refractivity contribution in [1.29, 1.82) is 0 Å². The van der Waals surface area contributed by atoms with Crippen molar-refractivity contribution in [2.75, 3.05) is 25.4 Å². The van der Waals surface area contributed by atoms with Crippen LogP contribution >= 0.6 is 12.4 Å². The van der Waals surface area contributed by atoms with Crippen molar-refractivity contribution in [3.05, 3.63) is 35.9 Å². The minimum atomic E-state index is -3.13. The summed E-state index contributed by atoms with van der Waals surface area (Å²) in [4.78, 5) is 13.7. The van der Waals surface area contributed by atoms with Gasteiger partial charge in [0.05, 0.1) is 11.0 Å². The molecule has 2 fully saturated rings. The molecule has 3 rings (SSSR count). The Kier molecular flexibility index (Phi) is 5.89. The molecule has 2 aliphatic rings. The number of likely N-dealkylation sites (tertiary alicyclic amines) is 1. The van der Waals surface area contributed by atoms with Crippen molar-refractivity contribution in [2.45, 2.75) is 24.3 Å². The van der Waals surface area contributed by atoms with E-state index in [2.05, 4.69) is 5.32 Å². The minimum Gasteiger partial charge on any atom is -0.445 e. The predicted molar refractivity (Wildman–Crippen MR) is 89.4 cm³/mol. The van der Waals surface area contributed by atoms with Crippen LogP contribution in [0.2, 0.25) is 0 Å². The van der Waals surface area contributed by atoms with Gasteiger partial charge in [0.2, 0.25) is 0 Å². The molecule has 0 aromatic heterocycles. The SMILES string of the molecule is Cl.O=C(OCc1ccccc1)N1CC[C@H]2NCCS(=O)(=O)[C@H]2C1. The third kappa shape index (κ3) is 4.16. The fourth-order valence-electron chi connectivity index (χ4n) is 3.03. The van der Waals surface area contributed by atoms with Gasteiger partial charge >= 0.3 is 6.09 Å². The molecule has 1 aromatic rings. The lowest BCUT2D eigenvalue weighted by molar-refractivity contribution is 0.0856. The number of carbonyl (C=O) groups excluding carboxylic acids is 1. The molecular formula is C15H21ClN2O4S. The molecule has 2 saturated heterocycles. The summed E-state index contributed by atoms with van der Waals surface area (Å²) in [5.74, 6) is 0.140. The van der Waals surface area contributed by atoms with Crippen molar-refractivity contribution in [3.63, 3.8) is 0 Å². The van der Waals surface area contributed by atoms with E-state index in [-0.39, 0.29) is 37.4 Å². The lowest BCUT2D eigenvalue weighted by Gasteiger charge is -2.40. The Labute approximate surface area is 142 Å². The summed E-state index contributed by atoms with van der Waals surface area (Å²) in [5, 5.41) is 2.72. The number of nitrogens with one attached hydrogen (secondary N) is 1. The third-order valence-corrected chi connectivity index (χ3v) is 6.45. The highest BCUT2D eigenvalue weighted by Gasteiger charge is 2.42. The molecule has 0 saturated carbocycles. The number of fused-ring (bicyclic) bond motifs is 1.